The third kappa shape index (κ3) is 6.84. The predicted molar refractivity (Wildman–Crippen MR) is 133 cm³/mol. The summed E-state index contributed by atoms with van der Waals surface area (Å²) in [5.74, 6) is 0. The van der Waals surface area contributed by atoms with Crippen LogP contribution in [-0.2, 0) is 6.42 Å². The Labute approximate surface area is 186 Å². The lowest BCUT2D eigenvalue weighted by atomic mass is 10.1. The van der Waals surface area contributed by atoms with Crippen LogP contribution < -0.4 is 15.9 Å². The van der Waals surface area contributed by atoms with Gasteiger partial charge < -0.3 is 4.90 Å². The van der Waals surface area contributed by atoms with Gasteiger partial charge in [-0.1, -0.05) is 84.9 Å². The number of benzene rings is 3. The Morgan fingerprint density at radius 1 is 0.667 bits per heavy atom. The molecule has 0 aromatic heterocycles. The molecule has 27 heavy (non-hydrogen) atoms. The van der Waals surface area contributed by atoms with Crippen LogP contribution in [0.1, 0.15) is 12.0 Å². The topological polar surface area (TPSA) is 3.24 Å². The molecule has 4 heteroatoms. The quantitative estimate of drug-likeness (QED) is 0.401. The number of rotatable bonds is 7. The fourth-order valence-electron chi connectivity index (χ4n) is 3.11. The van der Waals surface area contributed by atoms with E-state index in [1.165, 1.54) is 27.9 Å². The maximum Gasteiger partial charge on any atom is -0.00217 e. The van der Waals surface area contributed by atoms with Crippen LogP contribution in [0.15, 0.2) is 84.9 Å². The number of hydrogen-bond acceptors (Lipinski definition) is 1. The minimum atomic E-state index is -0.512. The first-order valence-electron chi connectivity index (χ1n) is 8.88. The van der Waals surface area contributed by atoms with E-state index in [2.05, 4.69) is 104 Å². The molecule has 0 N–H and O–H groups in total. The van der Waals surface area contributed by atoms with Gasteiger partial charge in [-0.05, 0) is 62.9 Å². The van der Waals surface area contributed by atoms with Crippen molar-refractivity contribution in [3.63, 3.8) is 0 Å². The van der Waals surface area contributed by atoms with E-state index in [9.17, 15) is 0 Å². The van der Waals surface area contributed by atoms with Crippen molar-refractivity contribution in [2.75, 3.05) is 20.6 Å². The standard InChI is InChI=1S/C23H26NP.2BrH/c1-24(2)19-11-13-20-12-9-10-18-23(20)25(21-14-5-3-6-15-21)22-16-7-4-8-17-22;;/h3-10,12,14-18H,11,13,19H2,1-2H3;2*1H. The second kappa shape index (κ2) is 12.5. The van der Waals surface area contributed by atoms with Crippen molar-refractivity contribution < 1.29 is 0 Å². The molecule has 0 aliphatic carbocycles. The van der Waals surface area contributed by atoms with Crippen molar-refractivity contribution in [3.8, 4) is 0 Å². The summed E-state index contributed by atoms with van der Waals surface area (Å²) in [5, 5.41) is 4.33. The lowest BCUT2D eigenvalue weighted by Gasteiger charge is -2.22. The van der Waals surface area contributed by atoms with Crippen molar-refractivity contribution in [3.05, 3.63) is 90.5 Å². The fourth-order valence-corrected chi connectivity index (χ4v) is 5.61. The molecular weight excluding hydrogens is 481 g/mol. The third-order valence-electron chi connectivity index (χ3n) is 4.31. The number of aryl methyl sites for hydroxylation is 1. The minimum Gasteiger partial charge on any atom is -0.309 e. The first kappa shape index (κ1) is 24.0. The van der Waals surface area contributed by atoms with E-state index in [4.69, 9.17) is 0 Å². The summed E-state index contributed by atoms with van der Waals surface area (Å²) in [6.45, 7) is 1.13. The summed E-state index contributed by atoms with van der Waals surface area (Å²) in [6.07, 6.45) is 2.32. The fraction of sp³-hybridized carbons (Fsp3) is 0.217. The van der Waals surface area contributed by atoms with E-state index in [-0.39, 0.29) is 34.0 Å². The van der Waals surface area contributed by atoms with Gasteiger partial charge >= 0.3 is 0 Å². The van der Waals surface area contributed by atoms with Crippen molar-refractivity contribution in [1.82, 2.24) is 4.90 Å². The van der Waals surface area contributed by atoms with E-state index >= 15 is 0 Å². The lowest BCUT2D eigenvalue weighted by molar-refractivity contribution is 0.400. The molecule has 0 radical (unpaired) electrons. The Morgan fingerprint density at radius 3 is 1.67 bits per heavy atom. The van der Waals surface area contributed by atoms with Crippen LogP contribution in [0, 0.1) is 0 Å². The molecule has 0 atom stereocenters. The summed E-state index contributed by atoms with van der Waals surface area (Å²) in [6, 6.07) is 30.9. The average molecular weight is 509 g/mol. The zero-order valence-electron chi connectivity index (χ0n) is 15.9. The molecule has 0 heterocycles. The van der Waals surface area contributed by atoms with Crippen molar-refractivity contribution in [2.45, 2.75) is 12.8 Å². The molecule has 0 saturated carbocycles. The molecule has 144 valence electrons. The Bertz CT molecular complexity index is 739. The van der Waals surface area contributed by atoms with Gasteiger partial charge in [-0.2, -0.15) is 0 Å². The summed E-state index contributed by atoms with van der Waals surface area (Å²) in [5.41, 5.74) is 1.49. The third-order valence-corrected chi connectivity index (χ3v) is 6.86. The summed E-state index contributed by atoms with van der Waals surface area (Å²) in [7, 11) is 3.78. The molecule has 0 fully saturated rings. The van der Waals surface area contributed by atoms with Crippen LogP contribution in [0.25, 0.3) is 0 Å². The molecule has 0 amide bonds. The van der Waals surface area contributed by atoms with Crippen molar-refractivity contribution >= 4 is 57.8 Å². The summed E-state index contributed by atoms with van der Waals surface area (Å²) < 4.78 is 0. The van der Waals surface area contributed by atoms with E-state index in [0.29, 0.717) is 0 Å². The Morgan fingerprint density at radius 2 is 1.15 bits per heavy atom. The van der Waals surface area contributed by atoms with Crippen molar-refractivity contribution in [1.29, 1.82) is 0 Å². The van der Waals surface area contributed by atoms with E-state index in [0.717, 1.165) is 13.0 Å². The summed E-state index contributed by atoms with van der Waals surface area (Å²) in [4.78, 5) is 2.26. The molecular formula is C23H28Br2NP. The largest absolute Gasteiger partial charge is 0.309 e. The highest BCUT2D eigenvalue weighted by Crippen LogP contribution is 2.34. The number of halogens is 2. The molecule has 0 bridgehead atoms. The maximum atomic E-state index is 2.33. The normalized spacial score (nSPS) is 10.4. The van der Waals surface area contributed by atoms with Gasteiger partial charge in [-0.15, -0.1) is 34.0 Å². The van der Waals surface area contributed by atoms with Crippen LogP contribution in [-0.4, -0.2) is 25.5 Å². The first-order valence-corrected chi connectivity index (χ1v) is 10.2. The molecule has 1 nitrogen and oxygen atoms in total. The van der Waals surface area contributed by atoms with Crippen LogP contribution in [0.3, 0.4) is 0 Å². The van der Waals surface area contributed by atoms with Crippen LogP contribution in [0.5, 0.6) is 0 Å². The van der Waals surface area contributed by atoms with Crippen LogP contribution in [0.2, 0.25) is 0 Å². The van der Waals surface area contributed by atoms with Crippen LogP contribution >= 0.6 is 41.9 Å². The highest BCUT2D eigenvalue weighted by Gasteiger charge is 2.18. The van der Waals surface area contributed by atoms with E-state index in [1.807, 2.05) is 0 Å². The van der Waals surface area contributed by atoms with Crippen molar-refractivity contribution in [2.24, 2.45) is 0 Å². The zero-order valence-corrected chi connectivity index (χ0v) is 20.2. The Kier molecular flexibility index (Phi) is 11.1. The van der Waals surface area contributed by atoms with Crippen LogP contribution in [0.4, 0.5) is 0 Å². The molecule has 0 spiro atoms. The highest BCUT2D eigenvalue weighted by molar-refractivity contribution is 8.93. The average Bonchev–Trinajstić information content (AvgIpc) is 2.65. The number of nitrogens with zero attached hydrogens (tertiary/aromatic N) is 1. The van der Waals surface area contributed by atoms with Gasteiger partial charge in [0.15, 0.2) is 0 Å². The smallest absolute Gasteiger partial charge is 0.00217 e. The second-order valence-electron chi connectivity index (χ2n) is 6.54. The summed E-state index contributed by atoms with van der Waals surface area (Å²) >= 11 is 0. The van der Waals surface area contributed by atoms with Gasteiger partial charge in [0.2, 0.25) is 0 Å². The zero-order chi connectivity index (χ0) is 17.5. The molecule has 0 aliphatic heterocycles. The Balaban J connectivity index is 0.00000182. The maximum absolute atomic E-state index is 2.33. The molecule has 0 saturated heterocycles. The van der Waals surface area contributed by atoms with Gasteiger partial charge in [-0.25, -0.2) is 0 Å². The monoisotopic (exact) mass is 507 g/mol. The molecule has 3 rings (SSSR count). The van der Waals surface area contributed by atoms with Gasteiger partial charge in [0, 0.05) is 0 Å². The molecule has 3 aromatic carbocycles. The second-order valence-corrected chi connectivity index (χ2v) is 8.73. The number of hydrogen-bond donors (Lipinski definition) is 0. The molecule has 0 aliphatic rings. The van der Waals surface area contributed by atoms with E-state index < -0.39 is 7.92 Å². The highest BCUT2D eigenvalue weighted by atomic mass is 79.9. The first-order chi connectivity index (χ1) is 12.3. The molecule has 3 aromatic rings. The SMILES string of the molecule is Br.Br.CN(C)CCCc1ccccc1P(c1ccccc1)c1ccccc1. The lowest BCUT2D eigenvalue weighted by Crippen LogP contribution is -2.23. The Hall–Kier alpha value is -0.990. The molecule has 0 unspecified atom stereocenters. The van der Waals surface area contributed by atoms with E-state index in [1.54, 1.807) is 0 Å². The van der Waals surface area contributed by atoms with Gasteiger partial charge in [0.05, 0.1) is 0 Å². The predicted octanol–water partition coefficient (Wildman–Crippen LogP) is 5.09. The van der Waals surface area contributed by atoms with Gasteiger partial charge in [0.1, 0.15) is 0 Å². The van der Waals surface area contributed by atoms with Gasteiger partial charge in [-0.3, -0.25) is 0 Å². The van der Waals surface area contributed by atoms with Gasteiger partial charge in [0.25, 0.3) is 0 Å². The minimum absolute atomic E-state index is 0.